The van der Waals surface area contributed by atoms with E-state index in [4.69, 9.17) is 27.9 Å². The smallest absolute Gasteiger partial charge is 0.264 e. The van der Waals surface area contributed by atoms with Gasteiger partial charge in [-0.05, 0) is 100 Å². The molecule has 1 atom stereocenters. The van der Waals surface area contributed by atoms with Gasteiger partial charge in [0, 0.05) is 12.1 Å². The Kier molecular flexibility index (Phi) is 11.5. The lowest BCUT2D eigenvalue weighted by molar-refractivity contribution is -0.141. The molecule has 3 rings (SSSR count). The molecule has 0 saturated carbocycles. The van der Waals surface area contributed by atoms with Gasteiger partial charge in [0.1, 0.15) is 24.2 Å². The van der Waals surface area contributed by atoms with Gasteiger partial charge in [0.05, 0.1) is 27.2 Å². The van der Waals surface area contributed by atoms with Crippen molar-refractivity contribution in [2.24, 2.45) is 0 Å². The fourth-order valence-electron chi connectivity index (χ4n) is 4.34. The summed E-state index contributed by atoms with van der Waals surface area (Å²) in [4.78, 5) is 28.8. The average molecular weight is 653 g/mol. The minimum atomic E-state index is -4.33. The van der Waals surface area contributed by atoms with Crippen molar-refractivity contribution in [1.82, 2.24) is 10.2 Å². The molecule has 0 radical (unpaired) electrons. The highest BCUT2D eigenvalue weighted by Crippen LogP contribution is 2.28. The number of carbonyl (C=O) groups excluding carboxylic acids is 2. The number of benzene rings is 3. The van der Waals surface area contributed by atoms with Crippen LogP contribution in [0.5, 0.6) is 5.75 Å². The second-order valence-electron chi connectivity index (χ2n) is 10.8. The molecule has 232 valence electrons. The van der Waals surface area contributed by atoms with Crippen molar-refractivity contribution in [3.05, 3.63) is 88.2 Å². The summed E-state index contributed by atoms with van der Waals surface area (Å²) in [5.41, 5.74) is 0.0812. The van der Waals surface area contributed by atoms with E-state index in [0.717, 1.165) is 16.4 Å². The molecule has 0 fully saturated rings. The highest BCUT2D eigenvalue weighted by Gasteiger charge is 2.34. The van der Waals surface area contributed by atoms with Gasteiger partial charge >= 0.3 is 0 Å². The molecule has 12 heteroatoms. The van der Waals surface area contributed by atoms with Gasteiger partial charge in [-0.15, -0.1) is 0 Å². The molecule has 0 aliphatic heterocycles. The maximum Gasteiger partial charge on any atom is 0.264 e. The first kappa shape index (κ1) is 34.2. The van der Waals surface area contributed by atoms with Gasteiger partial charge in [-0.3, -0.25) is 13.9 Å². The van der Waals surface area contributed by atoms with Crippen LogP contribution in [0.15, 0.2) is 71.6 Å². The first-order valence-electron chi connectivity index (χ1n) is 13.7. The highest BCUT2D eigenvalue weighted by atomic mass is 35.5. The Balaban J connectivity index is 2.07. The van der Waals surface area contributed by atoms with Gasteiger partial charge in [-0.1, -0.05) is 36.2 Å². The lowest BCUT2D eigenvalue weighted by Gasteiger charge is -2.34. The topological polar surface area (TPSA) is 96.0 Å². The molecule has 2 amide bonds. The first-order chi connectivity index (χ1) is 20.2. The van der Waals surface area contributed by atoms with E-state index >= 15 is 0 Å². The highest BCUT2D eigenvalue weighted by molar-refractivity contribution is 7.92. The molecule has 0 bridgehead atoms. The van der Waals surface area contributed by atoms with Crippen LogP contribution in [0.1, 0.15) is 46.6 Å². The van der Waals surface area contributed by atoms with Crippen molar-refractivity contribution in [3.8, 4) is 5.75 Å². The van der Waals surface area contributed by atoms with Crippen LogP contribution in [0, 0.1) is 5.82 Å². The number of ether oxygens (including phenoxy) is 1. The maximum absolute atomic E-state index is 14.1. The molecule has 0 aliphatic rings. The summed E-state index contributed by atoms with van der Waals surface area (Å²) in [7, 11) is -4.33. The number of hydrogen-bond donors (Lipinski definition) is 1. The summed E-state index contributed by atoms with van der Waals surface area (Å²) in [6.45, 7) is 8.72. The van der Waals surface area contributed by atoms with E-state index in [2.05, 4.69) is 5.32 Å². The first-order valence-corrected chi connectivity index (χ1v) is 15.9. The summed E-state index contributed by atoms with van der Waals surface area (Å²) in [6, 6.07) is 14.5. The quantitative estimate of drug-likeness (QED) is 0.243. The summed E-state index contributed by atoms with van der Waals surface area (Å²) < 4.78 is 48.1. The molecule has 43 heavy (non-hydrogen) atoms. The molecular formula is C31H36Cl2FN3O5S. The lowest BCUT2D eigenvalue weighted by Crippen LogP contribution is -2.55. The van der Waals surface area contributed by atoms with E-state index in [9.17, 15) is 22.4 Å². The second-order valence-corrected chi connectivity index (χ2v) is 13.5. The number of sulfonamides is 1. The fourth-order valence-corrected chi connectivity index (χ4v) is 6.08. The average Bonchev–Trinajstić information content (AvgIpc) is 2.93. The number of anilines is 1. The van der Waals surface area contributed by atoms with Crippen molar-refractivity contribution in [1.29, 1.82) is 0 Å². The molecule has 0 heterocycles. The third-order valence-corrected chi connectivity index (χ3v) is 8.86. The predicted molar refractivity (Wildman–Crippen MR) is 168 cm³/mol. The van der Waals surface area contributed by atoms with Crippen molar-refractivity contribution in [2.75, 3.05) is 17.5 Å². The minimum Gasteiger partial charge on any atom is -0.494 e. The molecular weight excluding hydrogens is 616 g/mol. The zero-order chi connectivity index (χ0) is 31.9. The SMILES string of the molecule is CCOc1ccc(S(=O)(=O)N(CC(=O)N(Cc2ccc(Cl)c(Cl)c2)[C@H](CC)C(=O)NC(C)(C)C)c2ccc(F)cc2)cc1. The third-order valence-electron chi connectivity index (χ3n) is 6.34. The fraction of sp³-hybridized carbons (Fsp3) is 0.355. The van der Waals surface area contributed by atoms with Crippen LogP contribution in [-0.2, 0) is 26.2 Å². The Labute approximate surface area is 262 Å². The number of nitrogens with zero attached hydrogens (tertiary/aromatic N) is 2. The van der Waals surface area contributed by atoms with E-state index < -0.39 is 45.8 Å². The van der Waals surface area contributed by atoms with Crippen LogP contribution in [0.2, 0.25) is 10.0 Å². The van der Waals surface area contributed by atoms with E-state index in [1.54, 1.807) is 25.1 Å². The summed E-state index contributed by atoms with van der Waals surface area (Å²) >= 11 is 12.3. The van der Waals surface area contributed by atoms with Crippen molar-refractivity contribution in [2.45, 2.75) is 64.1 Å². The maximum atomic E-state index is 14.1. The summed E-state index contributed by atoms with van der Waals surface area (Å²) in [6.07, 6.45) is 0.247. The monoisotopic (exact) mass is 651 g/mol. The number of amides is 2. The van der Waals surface area contributed by atoms with E-state index in [1.165, 1.54) is 41.3 Å². The van der Waals surface area contributed by atoms with Crippen molar-refractivity contribution < 1.29 is 27.1 Å². The molecule has 0 saturated heterocycles. The molecule has 0 aliphatic carbocycles. The van der Waals surface area contributed by atoms with Crippen LogP contribution < -0.4 is 14.4 Å². The van der Waals surface area contributed by atoms with E-state index in [0.29, 0.717) is 22.9 Å². The lowest BCUT2D eigenvalue weighted by atomic mass is 10.1. The Bertz CT molecular complexity index is 1530. The molecule has 3 aromatic carbocycles. The summed E-state index contributed by atoms with van der Waals surface area (Å²) in [5.74, 6) is -1.14. The van der Waals surface area contributed by atoms with Crippen LogP contribution in [0.25, 0.3) is 0 Å². The zero-order valence-corrected chi connectivity index (χ0v) is 27.1. The van der Waals surface area contributed by atoms with Crippen LogP contribution in [0.4, 0.5) is 10.1 Å². The number of halogens is 3. The van der Waals surface area contributed by atoms with Crippen molar-refractivity contribution >= 4 is 50.7 Å². The number of rotatable bonds is 12. The van der Waals surface area contributed by atoms with Crippen LogP contribution >= 0.6 is 23.2 Å². The minimum absolute atomic E-state index is 0.0495. The van der Waals surface area contributed by atoms with E-state index in [-0.39, 0.29) is 28.6 Å². The van der Waals surface area contributed by atoms with Crippen LogP contribution in [0.3, 0.4) is 0 Å². The Morgan fingerprint density at radius 2 is 1.58 bits per heavy atom. The van der Waals surface area contributed by atoms with Gasteiger partial charge in [0.25, 0.3) is 10.0 Å². The third kappa shape index (κ3) is 9.08. The number of nitrogens with one attached hydrogen (secondary N) is 1. The predicted octanol–water partition coefficient (Wildman–Crippen LogP) is 6.45. The molecule has 1 N–H and O–H groups in total. The zero-order valence-electron chi connectivity index (χ0n) is 24.7. The van der Waals surface area contributed by atoms with Crippen LogP contribution in [-0.4, -0.2) is 49.9 Å². The normalized spacial score (nSPS) is 12.4. The Hall–Kier alpha value is -3.34. The number of carbonyl (C=O) groups is 2. The number of hydrogen-bond acceptors (Lipinski definition) is 5. The van der Waals surface area contributed by atoms with Gasteiger partial charge < -0.3 is 15.0 Å². The van der Waals surface area contributed by atoms with Gasteiger partial charge in [0.15, 0.2) is 0 Å². The Morgan fingerprint density at radius 1 is 0.953 bits per heavy atom. The molecule has 3 aromatic rings. The molecule has 8 nitrogen and oxygen atoms in total. The van der Waals surface area contributed by atoms with Crippen molar-refractivity contribution in [3.63, 3.8) is 0 Å². The van der Waals surface area contributed by atoms with E-state index in [1.807, 2.05) is 27.7 Å². The summed E-state index contributed by atoms with van der Waals surface area (Å²) in [5, 5.41) is 3.50. The van der Waals surface area contributed by atoms with Gasteiger partial charge in [-0.2, -0.15) is 0 Å². The van der Waals surface area contributed by atoms with Gasteiger partial charge in [-0.25, -0.2) is 12.8 Å². The molecule has 0 spiro atoms. The standard InChI is InChI=1S/C31H36Cl2FN3O5S/c1-6-28(30(39)35-31(3,4)5)36(19-21-8-17-26(32)27(33)18-21)29(38)20-37(23-11-9-22(34)10-12-23)43(40,41)25-15-13-24(14-16-25)42-7-2/h8-18,28H,6-7,19-20H2,1-5H3,(H,35,39)/t28-/m1/s1. The second kappa shape index (κ2) is 14.4. The largest absolute Gasteiger partial charge is 0.494 e. The molecule has 0 aromatic heterocycles. The Morgan fingerprint density at radius 3 is 2.12 bits per heavy atom. The molecule has 0 unspecified atom stereocenters. The van der Waals surface area contributed by atoms with Gasteiger partial charge in [0.2, 0.25) is 11.8 Å².